The lowest BCUT2D eigenvalue weighted by Gasteiger charge is -2.05. The van der Waals surface area contributed by atoms with Crippen LogP contribution in [0.1, 0.15) is 18.1 Å². The van der Waals surface area contributed by atoms with E-state index in [1.165, 1.54) is 0 Å². The van der Waals surface area contributed by atoms with E-state index in [9.17, 15) is 5.11 Å². The summed E-state index contributed by atoms with van der Waals surface area (Å²) in [6, 6.07) is 5.71. The number of nitrogens with zero attached hydrogens (tertiary/aromatic N) is 2. The third-order valence-electron chi connectivity index (χ3n) is 2.00. The number of phenols is 1. The Morgan fingerprint density at radius 2 is 2.00 bits per heavy atom. The molecule has 0 aliphatic carbocycles. The second kappa shape index (κ2) is 5.54. The second-order valence-corrected chi connectivity index (χ2v) is 3.19. The molecule has 0 bridgehead atoms. The summed E-state index contributed by atoms with van der Waals surface area (Å²) in [7, 11) is 3.19. The maximum atomic E-state index is 9.77. The number of hydrogen-bond acceptors (Lipinski definition) is 3. The van der Waals surface area contributed by atoms with Crippen LogP contribution in [0.25, 0.3) is 0 Å². The van der Waals surface area contributed by atoms with Crippen molar-refractivity contribution in [3.05, 3.63) is 29.3 Å². The zero-order valence-electron chi connectivity index (χ0n) is 8.20. The molecule has 0 aliphatic heterocycles. The molecule has 73 valence electrons. The van der Waals surface area contributed by atoms with Crippen molar-refractivity contribution >= 4 is 10.2 Å². The highest BCUT2D eigenvalue weighted by molar-refractivity contribution is 6.08. The number of azo groups is 1. The molecule has 0 spiro atoms. The fraction of sp³-hybridized carbons (Fsp3) is 0.400. The van der Waals surface area contributed by atoms with Crippen LogP contribution >= 0.6 is 0 Å². The highest BCUT2D eigenvalue weighted by Gasteiger charge is 2.03. The van der Waals surface area contributed by atoms with E-state index < -0.39 is 0 Å². The SMILES string of the molecule is CCc1cccc(CN=NC[Si])c1O. The van der Waals surface area contributed by atoms with Gasteiger partial charge < -0.3 is 5.11 Å². The summed E-state index contributed by atoms with van der Waals surface area (Å²) in [4.78, 5) is 0. The second-order valence-electron chi connectivity index (χ2n) is 2.88. The number of rotatable bonds is 4. The van der Waals surface area contributed by atoms with Crippen LogP contribution in [0.15, 0.2) is 28.4 Å². The fourth-order valence-electron chi connectivity index (χ4n) is 1.23. The maximum Gasteiger partial charge on any atom is 0.123 e. The number of hydrogen-bond donors (Lipinski definition) is 1. The van der Waals surface area contributed by atoms with Gasteiger partial charge >= 0.3 is 0 Å². The first-order valence-corrected chi connectivity index (χ1v) is 5.27. The number of benzene rings is 1. The average molecular weight is 205 g/mol. The van der Waals surface area contributed by atoms with Crippen molar-refractivity contribution in [2.45, 2.75) is 19.9 Å². The van der Waals surface area contributed by atoms with Crippen LogP contribution < -0.4 is 0 Å². The molecule has 1 rings (SSSR count). The third kappa shape index (κ3) is 2.66. The van der Waals surface area contributed by atoms with Crippen molar-refractivity contribution in [3.8, 4) is 5.75 Å². The first-order valence-electron chi connectivity index (χ1n) is 4.57. The number of para-hydroxylation sites is 1. The Bertz CT molecular complexity index is 326. The lowest BCUT2D eigenvalue weighted by atomic mass is 10.1. The van der Waals surface area contributed by atoms with E-state index in [0.29, 0.717) is 18.5 Å². The van der Waals surface area contributed by atoms with Crippen LogP contribution in [0.3, 0.4) is 0 Å². The number of aromatic hydroxyl groups is 1. The van der Waals surface area contributed by atoms with Gasteiger partial charge in [-0.3, -0.25) is 0 Å². The van der Waals surface area contributed by atoms with E-state index in [0.717, 1.165) is 17.5 Å². The van der Waals surface area contributed by atoms with Gasteiger partial charge in [-0.1, -0.05) is 25.1 Å². The van der Waals surface area contributed by atoms with Crippen molar-refractivity contribution in [3.63, 3.8) is 0 Å². The van der Waals surface area contributed by atoms with E-state index in [-0.39, 0.29) is 0 Å². The van der Waals surface area contributed by atoms with Gasteiger partial charge in [-0.25, -0.2) is 0 Å². The lowest BCUT2D eigenvalue weighted by Crippen LogP contribution is -1.88. The summed E-state index contributed by atoms with van der Waals surface area (Å²) in [5, 5.41) is 17.5. The molecule has 0 aliphatic rings. The Hall–Kier alpha value is -1.16. The highest BCUT2D eigenvalue weighted by atomic mass is 28.1. The van der Waals surface area contributed by atoms with Gasteiger partial charge in [-0.05, 0) is 12.0 Å². The minimum absolute atomic E-state index is 0.350. The molecule has 3 nitrogen and oxygen atoms in total. The summed E-state index contributed by atoms with van der Waals surface area (Å²) in [5.41, 5.74) is 1.78. The molecule has 0 fully saturated rings. The number of phenolic OH excluding ortho intramolecular Hbond substituents is 1. The summed E-state index contributed by atoms with van der Waals surface area (Å²) in [5.74, 6) is 0.350. The maximum absolute atomic E-state index is 9.77. The van der Waals surface area contributed by atoms with Crippen molar-refractivity contribution < 1.29 is 5.11 Å². The largest absolute Gasteiger partial charge is 0.507 e. The molecular formula is C10H13N2OSi. The predicted octanol–water partition coefficient (Wildman–Crippen LogP) is 2.03. The van der Waals surface area contributed by atoms with Crippen molar-refractivity contribution in [2.75, 3.05) is 6.17 Å². The van der Waals surface area contributed by atoms with Crippen molar-refractivity contribution in [2.24, 2.45) is 10.2 Å². The zero-order chi connectivity index (χ0) is 10.4. The average Bonchev–Trinajstić information content (AvgIpc) is 2.21. The zero-order valence-corrected chi connectivity index (χ0v) is 9.20. The summed E-state index contributed by atoms with van der Waals surface area (Å²) < 4.78 is 0. The Morgan fingerprint density at radius 1 is 1.29 bits per heavy atom. The number of aryl methyl sites for hydroxylation is 1. The summed E-state index contributed by atoms with van der Waals surface area (Å²) in [6.07, 6.45) is 1.32. The van der Waals surface area contributed by atoms with E-state index in [2.05, 4.69) is 20.5 Å². The Kier molecular flexibility index (Phi) is 4.32. The predicted molar refractivity (Wildman–Crippen MR) is 56.7 cm³/mol. The van der Waals surface area contributed by atoms with Gasteiger partial charge in [0, 0.05) is 11.7 Å². The van der Waals surface area contributed by atoms with Crippen LogP contribution in [0, 0.1) is 0 Å². The quantitative estimate of drug-likeness (QED) is 0.593. The van der Waals surface area contributed by atoms with Gasteiger partial charge in [0.2, 0.25) is 0 Å². The van der Waals surface area contributed by atoms with Gasteiger partial charge in [0.05, 0.1) is 16.8 Å². The van der Waals surface area contributed by atoms with Crippen LogP contribution in [0.4, 0.5) is 0 Å². The minimum Gasteiger partial charge on any atom is -0.507 e. The molecule has 0 heterocycles. The Labute approximate surface area is 87.3 Å². The molecule has 0 unspecified atom stereocenters. The Morgan fingerprint density at radius 3 is 2.64 bits per heavy atom. The van der Waals surface area contributed by atoms with Gasteiger partial charge in [-0.15, -0.1) is 0 Å². The lowest BCUT2D eigenvalue weighted by molar-refractivity contribution is 0.461. The Balaban J connectivity index is 2.81. The monoisotopic (exact) mass is 205 g/mol. The topological polar surface area (TPSA) is 45.0 Å². The molecule has 1 aromatic carbocycles. The van der Waals surface area contributed by atoms with Gasteiger partial charge in [0.1, 0.15) is 5.75 Å². The first kappa shape index (κ1) is 10.9. The molecule has 0 saturated heterocycles. The molecule has 1 aromatic rings. The summed E-state index contributed by atoms with van der Waals surface area (Å²) in [6.45, 7) is 2.45. The smallest absolute Gasteiger partial charge is 0.123 e. The van der Waals surface area contributed by atoms with E-state index >= 15 is 0 Å². The van der Waals surface area contributed by atoms with Crippen molar-refractivity contribution in [1.29, 1.82) is 0 Å². The van der Waals surface area contributed by atoms with Crippen LogP contribution in [-0.2, 0) is 13.0 Å². The van der Waals surface area contributed by atoms with E-state index in [4.69, 9.17) is 0 Å². The van der Waals surface area contributed by atoms with Crippen molar-refractivity contribution in [1.82, 2.24) is 0 Å². The molecule has 1 N–H and O–H groups in total. The molecule has 0 amide bonds. The molecule has 0 atom stereocenters. The van der Waals surface area contributed by atoms with Crippen LogP contribution in [0.2, 0.25) is 0 Å². The fourth-order valence-corrected chi connectivity index (χ4v) is 1.33. The van der Waals surface area contributed by atoms with Gasteiger partial charge in [0.25, 0.3) is 0 Å². The molecule has 0 aromatic heterocycles. The van der Waals surface area contributed by atoms with Gasteiger partial charge in [-0.2, -0.15) is 10.2 Å². The standard InChI is InChI=1S/C10H13N2OSi/c1-2-8-4-3-5-9(10(8)13)6-11-12-7-14/h3-5,13H,2,6-7H2,1H3. The van der Waals surface area contributed by atoms with Crippen LogP contribution in [-0.4, -0.2) is 21.5 Å². The molecule has 0 saturated carbocycles. The molecular weight excluding hydrogens is 192 g/mol. The summed E-state index contributed by atoms with van der Waals surface area (Å²) >= 11 is 0. The minimum atomic E-state index is 0.350. The van der Waals surface area contributed by atoms with E-state index in [1.54, 1.807) is 0 Å². The molecule has 14 heavy (non-hydrogen) atoms. The highest BCUT2D eigenvalue weighted by Crippen LogP contribution is 2.23. The van der Waals surface area contributed by atoms with Crippen LogP contribution in [0.5, 0.6) is 5.75 Å². The molecule has 4 heteroatoms. The van der Waals surface area contributed by atoms with E-state index in [1.807, 2.05) is 25.1 Å². The molecule has 3 radical (unpaired) electrons. The third-order valence-corrected chi connectivity index (χ3v) is 2.14. The van der Waals surface area contributed by atoms with Gasteiger partial charge in [0.15, 0.2) is 0 Å². The normalized spacial score (nSPS) is 11.0. The first-order chi connectivity index (χ1) is 6.79.